The largest absolute Gasteiger partial charge is 0.343 e. The van der Waals surface area contributed by atoms with Crippen molar-refractivity contribution >= 4 is 11.8 Å². The third-order valence-corrected chi connectivity index (χ3v) is 4.33. The summed E-state index contributed by atoms with van der Waals surface area (Å²) in [6.07, 6.45) is 6.58. The molecule has 1 aromatic carbocycles. The summed E-state index contributed by atoms with van der Waals surface area (Å²) >= 11 is 0. The summed E-state index contributed by atoms with van der Waals surface area (Å²) in [5.74, 6) is -0.272. The number of carbonyl (C=O) groups excluding carboxylic acids is 2. The number of piperidine rings is 1. The molecule has 1 aliphatic heterocycles. The Labute approximate surface area is 141 Å². The highest BCUT2D eigenvalue weighted by Gasteiger charge is 2.28. The van der Waals surface area contributed by atoms with Crippen molar-refractivity contribution in [1.82, 2.24) is 15.2 Å². The van der Waals surface area contributed by atoms with Gasteiger partial charge in [-0.3, -0.25) is 14.6 Å². The number of nitrogens with zero attached hydrogens (tertiary/aromatic N) is 2. The molecule has 0 radical (unpaired) electrons. The molecule has 0 spiro atoms. The molecule has 2 heterocycles. The average Bonchev–Trinajstić information content (AvgIpc) is 2.67. The second-order valence-corrected chi connectivity index (χ2v) is 5.93. The summed E-state index contributed by atoms with van der Waals surface area (Å²) in [5.41, 5.74) is 1.62. The molecular weight excluding hydrogens is 302 g/mol. The first-order chi connectivity index (χ1) is 11.8. The molecule has 0 saturated carbocycles. The molecule has 1 fully saturated rings. The topological polar surface area (TPSA) is 62.3 Å². The molecular formula is C19H21N3O2. The minimum absolute atomic E-state index is 0.0183. The molecule has 24 heavy (non-hydrogen) atoms. The smallest absolute Gasteiger partial charge is 0.251 e. The first kappa shape index (κ1) is 16.2. The Bertz CT molecular complexity index is 688. The molecule has 2 amide bonds. The normalized spacial score (nSPS) is 17.3. The minimum atomic E-state index is -0.223. The zero-order valence-electron chi connectivity index (χ0n) is 13.5. The van der Waals surface area contributed by atoms with Crippen LogP contribution in [0.1, 0.15) is 41.2 Å². The van der Waals surface area contributed by atoms with Crippen LogP contribution in [-0.4, -0.2) is 34.8 Å². The lowest BCUT2D eigenvalue weighted by Gasteiger charge is -2.36. The van der Waals surface area contributed by atoms with Gasteiger partial charge in [-0.05, 0) is 43.0 Å². The maximum absolute atomic E-state index is 12.6. The second-order valence-electron chi connectivity index (χ2n) is 5.93. The van der Waals surface area contributed by atoms with Crippen LogP contribution in [0.5, 0.6) is 0 Å². The van der Waals surface area contributed by atoms with Gasteiger partial charge in [0.25, 0.3) is 5.91 Å². The lowest BCUT2D eigenvalue weighted by molar-refractivity contribution is -0.133. The quantitative estimate of drug-likeness (QED) is 0.940. The van der Waals surface area contributed by atoms with Crippen molar-refractivity contribution in [2.75, 3.05) is 13.1 Å². The molecule has 0 unspecified atom stereocenters. The van der Waals surface area contributed by atoms with Crippen LogP contribution in [0.25, 0.3) is 0 Å². The van der Waals surface area contributed by atoms with Gasteiger partial charge in [0.2, 0.25) is 5.91 Å². The molecule has 5 heteroatoms. The van der Waals surface area contributed by atoms with Gasteiger partial charge in [0.1, 0.15) is 0 Å². The van der Waals surface area contributed by atoms with Crippen LogP contribution < -0.4 is 5.32 Å². The van der Waals surface area contributed by atoms with Crippen molar-refractivity contribution in [1.29, 1.82) is 0 Å². The van der Waals surface area contributed by atoms with E-state index in [1.165, 1.54) is 0 Å². The first-order valence-corrected chi connectivity index (χ1v) is 8.28. The predicted molar refractivity (Wildman–Crippen MR) is 91.3 cm³/mol. The number of hydrogen-bond acceptors (Lipinski definition) is 3. The molecule has 1 saturated heterocycles. The van der Waals surface area contributed by atoms with E-state index in [0.29, 0.717) is 5.56 Å². The molecule has 1 aromatic heterocycles. The third kappa shape index (κ3) is 3.79. The Balaban J connectivity index is 1.63. The number of pyridine rings is 1. The number of amides is 2. The molecule has 2 aromatic rings. The number of aromatic nitrogens is 1. The number of hydrogen-bond donors (Lipinski definition) is 1. The fraction of sp³-hybridized carbons (Fsp3) is 0.316. The van der Waals surface area contributed by atoms with E-state index in [0.717, 1.165) is 31.4 Å². The van der Waals surface area contributed by atoms with Gasteiger partial charge >= 0.3 is 0 Å². The lowest BCUT2D eigenvalue weighted by atomic mass is 9.96. The number of carbonyl (C=O) groups is 2. The molecule has 1 aliphatic rings. The van der Waals surface area contributed by atoms with Crippen LogP contribution in [0.2, 0.25) is 0 Å². The van der Waals surface area contributed by atoms with Gasteiger partial charge in [-0.25, -0.2) is 0 Å². The summed E-state index contributed by atoms with van der Waals surface area (Å²) in [7, 11) is 0. The SMILES string of the molecule is O=C(NCC(=O)N1CCCC[C@@H]1c1cccnc1)c1ccccc1. The maximum atomic E-state index is 12.6. The average molecular weight is 323 g/mol. The Morgan fingerprint density at radius 1 is 1.12 bits per heavy atom. The summed E-state index contributed by atoms with van der Waals surface area (Å²) in [6.45, 7) is 0.740. The van der Waals surface area contributed by atoms with Crippen LogP contribution >= 0.6 is 0 Å². The van der Waals surface area contributed by atoms with Crippen LogP contribution in [0, 0.1) is 0 Å². The highest BCUT2D eigenvalue weighted by Crippen LogP contribution is 2.30. The zero-order chi connectivity index (χ0) is 16.8. The van der Waals surface area contributed by atoms with Crippen molar-refractivity contribution in [2.24, 2.45) is 0 Å². The molecule has 5 nitrogen and oxygen atoms in total. The van der Waals surface area contributed by atoms with Crippen molar-refractivity contribution in [2.45, 2.75) is 25.3 Å². The highest BCUT2D eigenvalue weighted by atomic mass is 16.2. The van der Waals surface area contributed by atoms with E-state index in [1.54, 1.807) is 30.5 Å². The van der Waals surface area contributed by atoms with E-state index in [-0.39, 0.29) is 24.4 Å². The van der Waals surface area contributed by atoms with Crippen LogP contribution in [-0.2, 0) is 4.79 Å². The van der Waals surface area contributed by atoms with Crippen LogP contribution in [0.3, 0.4) is 0 Å². The summed E-state index contributed by atoms with van der Waals surface area (Å²) in [5, 5.41) is 2.72. The van der Waals surface area contributed by atoms with Crippen molar-refractivity contribution in [3.8, 4) is 0 Å². The van der Waals surface area contributed by atoms with Crippen molar-refractivity contribution < 1.29 is 9.59 Å². The number of likely N-dealkylation sites (tertiary alicyclic amines) is 1. The van der Waals surface area contributed by atoms with Gasteiger partial charge in [0.15, 0.2) is 0 Å². The van der Waals surface area contributed by atoms with E-state index in [2.05, 4.69) is 10.3 Å². The standard InChI is InChI=1S/C19H21N3O2/c23-18(14-21-19(24)15-7-2-1-3-8-15)22-12-5-4-10-17(22)16-9-6-11-20-13-16/h1-3,6-9,11,13,17H,4-5,10,12,14H2,(H,21,24)/t17-/m1/s1. The number of rotatable bonds is 4. The Hall–Kier alpha value is -2.69. The Kier molecular flexibility index (Phi) is 5.21. The Morgan fingerprint density at radius 2 is 1.96 bits per heavy atom. The van der Waals surface area contributed by atoms with E-state index in [9.17, 15) is 9.59 Å². The zero-order valence-corrected chi connectivity index (χ0v) is 13.5. The fourth-order valence-corrected chi connectivity index (χ4v) is 3.10. The van der Waals surface area contributed by atoms with E-state index in [4.69, 9.17) is 0 Å². The predicted octanol–water partition coefficient (Wildman–Crippen LogP) is 2.57. The van der Waals surface area contributed by atoms with Gasteiger partial charge < -0.3 is 10.2 Å². The van der Waals surface area contributed by atoms with E-state index < -0.39 is 0 Å². The van der Waals surface area contributed by atoms with E-state index >= 15 is 0 Å². The van der Waals surface area contributed by atoms with Gasteiger partial charge in [0, 0.05) is 24.5 Å². The fourth-order valence-electron chi connectivity index (χ4n) is 3.10. The summed E-state index contributed by atoms with van der Waals surface area (Å²) in [4.78, 5) is 30.7. The molecule has 0 aliphatic carbocycles. The summed E-state index contributed by atoms with van der Waals surface area (Å²) in [6, 6.07) is 12.9. The van der Waals surface area contributed by atoms with Gasteiger partial charge in [-0.1, -0.05) is 24.3 Å². The summed E-state index contributed by atoms with van der Waals surface area (Å²) < 4.78 is 0. The van der Waals surface area contributed by atoms with Gasteiger partial charge in [0.05, 0.1) is 12.6 Å². The molecule has 3 rings (SSSR count). The van der Waals surface area contributed by atoms with Crippen LogP contribution in [0.15, 0.2) is 54.9 Å². The monoisotopic (exact) mass is 323 g/mol. The minimum Gasteiger partial charge on any atom is -0.343 e. The molecule has 0 bridgehead atoms. The second kappa shape index (κ2) is 7.73. The maximum Gasteiger partial charge on any atom is 0.251 e. The lowest BCUT2D eigenvalue weighted by Crippen LogP contribution is -2.44. The Morgan fingerprint density at radius 3 is 2.71 bits per heavy atom. The first-order valence-electron chi connectivity index (χ1n) is 8.28. The van der Waals surface area contributed by atoms with Crippen molar-refractivity contribution in [3.05, 3.63) is 66.0 Å². The molecule has 1 atom stereocenters. The van der Waals surface area contributed by atoms with Gasteiger partial charge in [-0.2, -0.15) is 0 Å². The van der Waals surface area contributed by atoms with Crippen LogP contribution in [0.4, 0.5) is 0 Å². The van der Waals surface area contributed by atoms with Gasteiger partial charge in [-0.15, -0.1) is 0 Å². The molecule has 1 N–H and O–H groups in total. The van der Waals surface area contributed by atoms with E-state index in [1.807, 2.05) is 29.3 Å². The number of nitrogens with one attached hydrogen (secondary N) is 1. The molecule has 124 valence electrons. The highest BCUT2D eigenvalue weighted by molar-refractivity contribution is 5.96. The number of benzene rings is 1. The third-order valence-electron chi connectivity index (χ3n) is 4.33. The van der Waals surface area contributed by atoms with Crippen molar-refractivity contribution in [3.63, 3.8) is 0 Å².